The van der Waals surface area contributed by atoms with Crippen LogP contribution in [-0.2, 0) is 0 Å². The van der Waals surface area contributed by atoms with Crippen molar-refractivity contribution in [1.29, 1.82) is 0 Å². The number of rotatable bonds is 8. The first kappa shape index (κ1) is 17.4. The molecule has 134 valence electrons. The van der Waals surface area contributed by atoms with Crippen molar-refractivity contribution in [3.8, 4) is 17.2 Å². The molecule has 3 N–H and O–H groups in total. The molecule has 0 bridgehead atoms. The summed E-state index contributed by atoms with van der Waals surface area (Å²) in [6.45, 7) is 8.36. The average Bonchev–Trinajstić information content (AvgIpc) is 3.17. The van der Waals surface area contributed by atoms with Gasteiger partial charge in [0.05, 0.1) is 16.8 Å². The number of benzene rings is 1. The van der Waals surface area contributed by atoms with Crippen LogP contribution in [0.3, 0.4) is 0 Å². The van der Waals surface area contributed by atoms with Crippen LogP contribution in [0.5, 0.6) is 5.88 Å². The standard InChI is InChI=1S/C19H24FN3O2/c1-3-23(4-2)9-5-8-21-14-11-17(25-12-14)18-15-7-6-13(20)10-16(15)22-19(18)24/h6-7,10-12,21-22,24H,3-5,8-9H2,1-2H3. The van der Waals surface area contributed by atoms with Crippen LogP contribution in [0.2, 0.25) is 0 Å². The second-order valence-corrected chi connectivity index (χ2v) is 6.05. The molecule has 3 rings (SSSR count). The SMILES string of the molecule is CCN(CC)CCCNc1coc(-c2c(O)[nH]c3cc(F)ccc23)c1. The minimum absolute atomic E-state index is 0.0250. The molecule has 1 aromatic carbocycles. The highest BCUT2D eigenvalue weighted by Crippen LogP contribution is 2.38. The van der Waals surface area contributed by atoms with Crippen molar-refractivity contribution in [3.05, 3.63) is 36.3 Å². The molecule has 2 heterocycles. The Labute approximate surface area is 146 Å². The highest BCUT2D eigenvalue weighted by Gasteiger charge is 2.16. The molecule has 0 radical (unpaired) electrons. The number of hydrogen-bond acceptors (Lipinski definition) is 4. The first-order valence-electron chi connectivity index (χ1n) is 8.67. The smallest absolute Gasteiger partial charge is 0.200 e. The molecule has 5 nitrogen and oxygen atoms in total. The number of anilines is 1. The van der Waals surface area contributed by atoms with Gasteiger partial charge in [0, 0.05) is 18.0 Å². The van der Waals surface area contributed by atoms with E-state index in [9.17, 15) is 9.50 Å². The predicted molar refractivity (Wildman–Crippen MR) is 98.5 cm³/mol. The molecule has 0 aliphatic carbocycles. The van der Waals surface area contributed by atoms with E-state index in [1.165, 1.54) is 12.1 Å². The Balaban J connectivity index is 1.69. The van der Waals surface area contributed by atoms with E-state index in [2.05, 4.69) is 29.0 Å². The molecule has 0 saturated carbocycles. The molecule has 0 aliphatic heterocycles. The number of hydrogen-bond donors (Lipinski definition) is 3. The number of aromatic hydroxyl groups is 1. The summed E-state index contributed by atoms with van der Waals surface area (Å²) in [6.07, 6.45) is 2.67. The van der Waals surface area contributed by atoms with Crippen LogP contribution in [0.25, 0.3) is 22.2 Å². The lowest BCUT2D eigenvalue weighted by Crippen LogP contribution is -2.25. The quantitative estimate of drug-likeness (QED) is 0.529. The first-order chi connectivity index (χ1) is 12.1. The van der Waals surface area contributed by atoms with E-state index in [1.54, 1.807) is 12.3 Å². The van der Waals surface area contributed by atoms with Gasteiger partial charge < -0.3 is 24.7 Å². The number of aromatic amines is 1. The summed E-state index contributed by atoms with van der Waals surface area (Å²) in [4.78, 5) is 5.16. The van der Waals surface area contributed by atoms with Crippen LogP contribution in [0.1, 0.15) is 20.3 Å². The van der Waals surface area contributed by atoms with Gasteiger partial charge in [-0.25, -0.2) is 4.39 Å². The highest BCUT2D eigenvalue weighted by atomic mass is 19.1. The summed E-state index contributed by atoms with van der Waals surface area (Å²) in [7, 11) is 0. The van der Waals surface area contributed by atoms with Crippen LogP contribution in [-0.4, -0.2) is 41.2 Å². The Morgan fingerprint density at radius 3 is 2.80 bits per heavy atom. The van der Waals surface area contributed by atoms with E-state index in [4.69, 9.17) is 4.42 Å². The van der Waals surface area contributed by atoms with Gasteiger partial charge >= 0.3 is 0 Å². The molecule has 0 spiro atoms. The second kappa shape index (κ2) is 7.61. The molecule has 2 aromatic heterocycles. The van der Waals surface area contributed by atoms with Crippen LogP contribution < -0.4 is 5.32 Å². The fourth-order valence-electron chi connectivity index (χ4n) is 3.04. The van der Waals surface area contributed by atoms with Gasteiger partial charge in [0.2, 0.25) is 5.88 Å². The van der Waals surface area contributed by atoms with Gasteiger partial charge in [-0.2, -0.15) is 0 Å². The summed E-state index contributed by atoms with van der Waals surface area (Å²) in [5.41, 5.74) is 1.95. The molecular weight excluding hydrogens is 321 g/mol. The normalized spacial score (nSPS) is 11.5. The van der Waals surface area contributed by atoms with Gasteiger partial charge in [-0.05, 0) is 44.3 Å². The monoisotopic (exact) mass is 345 g/mol. The number of halogens is 1. The average molecular weight is 345 g/mol. The lowest BCUT2D eigenvalue weighted by molar-refractivity contribution is 0.303. The molecule has 3 aromatic rings. The number of furan rings is 1. The fourth-order valence-corrected chi connectivity index (χ4v) is 3.04. The molecule has 6 heteroatoms. The molecule has 0 saturated heterocycles. The van der Waals surface area contributed by atoms with Gasteiger partial charge in [-0.3, -0.25) is 0 Å². The Kier molecular flexibility index (Phi) is 5.28. The van der Waals surface area contributed by atoms with Crippen LogP contribution in [0, 0.1) is 5.82 Å². The molecule has 0 aliphatic rings. The van der Waals surface area contributed by atoms with Crippen LogP contribution >= 0.6 is 0 Å². The van der Waals surface area contributed by atoms with Gasteiger partial charge in [0.25, 0.3) is 0 Å². The molecule has 0 atom stereocenters. The van der Waals surface area contributed by atoms with Crippen molar-refractivity contribution >= 4 is 16.6 Å². The third-order valence-electron chi connectivity index (χ3n) is 4.46. The van der Waals surface area contributed by atoms with Crippen molar-refractivity contribution in [2.45, 2.75) is 20.3 Å². The maximum absolute atomic E-state index is 13.3. The Morgan fingerprint density at radius 1 is 1.24 bits per heavy atom. The molecule has 0 unspecified atom stereocenters. The molecule has 25 heavy (non-hydrogen) atoms. The topological polar surface area (TPSA) is 64.4 Å². The zero-order chi connectivity index (χ0) is 17.8. The van der Waals surface area contributed by atoms with Crippen LogP contribution in [0.4, 0.5) is 10.1 Å². The van der Waals surface area contributed by atoms with E-state index in [-0.39, 0.29) is 11.7 Å². The molecule has 0 fully saturated rings. The molecule has 0 amide bonds. The fraction of sp³-hybridized carbons (Fsp3) is 0.368. The third kappa shape index (κ3) is 3.79. The summed E-state index contributed by atoms with van der Waals surface area (Å²) in [6, 6.07) is 6.21. The van der Waals surface area contributed by atoms with Crippen molar-refractivity contribution < 1.29 is 13.9 Å². The number of nitrogens with zero attached hydrogens (tertiary/aromatic N) is 1. The van der Waals surface area contributed by atoms with Crippen molar-refractivity contribution in [3.63, 3.8) is 0 Å². The first-order valence-corrected chi connectivity index (χ1v) is 8.67. The van der Waals surface area contributed by atoms with E-state index >= 15 is 0 Å². The van der Waals surface area contributed by atoms with Crippen LogP contribution in [0.15, 0.2) is 34.9 Å². The summed E-state index contributed by atoms with van der Waals surface area (Å²) >= 11 is 0. The molecular formula is C19H24FN3O2. The Hall–Kier alpha value is -2.47. The number of aromatic nitrogens is 1. The summed E-state index contributed by atoms with van der Waals surface area (Å²) < 4.78 is 18.9. The summed E-state index contributed by atoms with van der Waals surface area (Å²) in [5.74, 6) is 0.167. The lowest BCUT2D eigenvalue weighted by Gasteiger charge is -2.17. The minimum atomic E-state index is -0.352. The maximum Gasteiger partial charge on any atom is 0.200 e. The van der Waals surface area contributed by atoms with E-state index < -0.39 is 0 Å². The van der Waals surface area contributed by atoms with E-state index in [0.29, 0.717) is 16.8 Å². The Bertz CT molecular complexity index is 836. The largest absolute Gasteiger partial charge is 0.494 e. The number of H-pyrrole nitrogens is 1. The van der Waals surface area contributed by atoms with Gasteiger partial charge in [-0.1, -0.05) is 13.8 Å². The third-order valence-corrected chi connectivity index (χ3v) is 4.46. The number of fused-ring (bicyclic) bond motifs is 1. The highest BCUT2D eigenvalue weighted by molar-refractivity contribution is 5.98. The maximum atomic E-state index is 13.3. The van der Waals surface area contributed by atoms with Crippen molar-refractivity contribution in [2.24, 2.45) is 0 Å². The zero-order valence-electron chi connectivity index (χ0n) is 14.6. The van der Waals surface area contributed by atoms with Gasteiger partial charge in [0.15, 0.2) is 0 Å². The predicted octanol–water partition coefficient (Wildman–Crippen LogP) is 4.42. The summed E-state index contributed by atoms with van der Waals surface area (Å²) in [5, 5.41) is 14.2. The minimum Gasteiger partial charge on any atom is -0.494 e. The second-order valence-electron chi connectivity index (χ2n) is 6.05. The zero-order valence-corrected chi connectivity index (χ0v) is 14.6. The van der Waals surface area contributed by atoms with Gasteiger partial charge in [-0.15, -0.1) is 0 Å². The van der Waals surface area contributed by atoms with Gasteiger partial charge in [0.1, 0.15) is 17.8 Å². The lowest BCUT2D eigenvalue weighted by atomic mass is 10.1. The van der Waals surface area contributed by atoms with Crippen molar-refractivity contribution in [1.82, 2.24) is 9.88 Å². The van der Waals surface area contributed by atoms with Crippen molar-refractivity contribution in [2.75, 3.05) is 31.5 Å². The Morgan fingerprint density at radius 2 is 2.04 bits per heavy atom. The number of nitrogens with one attached hydrogen (secondary N) is 2. The van der Waals surface area contributed by atoms with E-state index in [0.717, 1.165) is 43.7 Å². The van der Waals surface area contributed by atoms with E-state index in [1.807, 2.05) is 6.07 Å².